The molecule has 27 heavy (non-hydrogen) atoms. The maximum atomic E-state index is 5.02. The highest BCUT2D eigenvalue weighted by Gasteiger charge is 2.26. The van der Waals surface area contributed by atoms with Crippen molar-refractivity contribution in [1.82, 2.24) is 30.0 Å². The van der Waals surface area contributed by atoms with Crippen LogP contribution < -0.4 is 5.32 Å². The lowest BCUT2D eigenvalue weighted by Gasteiger charge is -2.35. The number of likely N-dealkylation sites (tertiary alicyclic amines) is 1. The molecule has 2 aromatic heterocycles. The summed E-state index contributed by atoms with van der Waals surface area (Å²) < 4.78 is 2.49. The predicted octanol–water partition coefficient (Wildman–Crippen LogP) is 3.15. The average Bonchev–Trinajstić information content (AvgIpc) is 3.38. The van der Waals surface area contributed by atoms with Crippen LogP contribution >= 0.6 is 0 Å². The van der Waals surface area contributed by atoms with E-state index in [-0.39, 0.29) is 0 Å². The third-order valence-electron chi connectivity index (χ3n) is 6.26. The number of rotatable bonds is 4. The van der Waals surface area contributed by atoms with E-state index in [4.69, 9.17) is 4.98 Å². The molecule has 1 saturated heterocycles. The first kappa shape index (κ1) is 17.0. The molecule has 0 amide bonds. The Hall–Kier alpha value is -2.18. The zero-order valence-corrected chi connectivity index (χ0v) is 16.2. The van der Waals surface area contributed by atoms with Crippen LogP contribution in [0.3, 0.4) is 0 Å². The van der Waals surface area contributed by atoms with E-state index in [9.17, 15) is 0 Å². The second-order valence-electron chi connectivity index (χ2n) is 8.29. The van der Waals surface area contributed by atoms with Crippen molar-refractivity contribution < 1.29 is 0 Å². The number of aromatic nitrogens is 4. The van der Waals surface area contributed by atoms with Crippen LogP contribution in [0.4, 0.5) is 0 Å². The van der Waals surface area contributed by atoms with Gasteiger partial charge < -0.3 is 14.8 Å². The van der Waals surface area contributed by atoms with Gasteiger partial charge in [0, 0.05) is 36.6 Å². The van der Waals surface area contributed by atoms with Crippen LogP contribution in [0.25, 0.3) is 22.3 Å². The van der Waals surface area contributed by atoms with Crippen LogP contribution in [-0.4, -0.2) is 43.8 Å². The summed E-state index contributed by atoms with van der Waals surface area (Å²) >= 11 is 0. The molecule has 2 N–H and O–H groups in total. The largest absolute Gasteiger partial charge is 0.326 e. The first-order chi connectivity index (χ1) is 13.2. The van der Waals surface area contributed by atoms with Crippen molar-refractivity contribution in [2.45, 2.75) is 52.4 Å². The monoisotopic (exact) mass is 364 g/mol. The smallest absolute Gasteiger partial charge is 0.140 e. The number of nitrogens with one attached hydrogen (secondary N) is 2. The van der Waals surface area contributed by atoms with E-state index in [0.717, 1.165) is 42.3 Å². The molecule has 2 aliphatic heterocycles. The van der Waals surface area contributed by atoms with Gasteiger partial charge in [-0.25, -0.2) is 4.98 Å². The van der Waals surface area contributed by atoms with Gasteiger partial charge >= 0.3 is 0 Å². The highest BCUT2D eigenvalue weighted by molar-refractivity contribution is 5.82. The first-order valence-electron chi connectivity index (χ1n) is 10.2. The summed E-state index contributed by atoms with van der Waals surface area (Å²) in [5.74, 6) is 1.85. The Bertz CT molecular complexity index is 945. The SMILES string of the molecule is CC(C)N1CCC(Cn2c(-c3ccc4[nH]ncc4c3)nc3c2CNC3)CC1. The van der Waals surface area contributed by atoms with E-state index < -0.39 is 0 Å². The molecular formula is C21H28N6. The van der Waals surface area contributed by atoms with Crippen LogP contribution in [-0.2, 0) is 19.6 Å². The number of piperidine rings is 1. The van der Waals surface area contributed by atoms with Gasteiger partial charge in [-0.15, -0.1) is 0 Å². The zero-order valence-electron chi connectivity index (χ0n) is 16.2. The molecule has 6 nitrogen and oxygen atoms in total. The molecule has 0 atom stereocenters. The molecular weight excluding hydrogens is 336 g/mol. The molecule has 0 saturated carbocycles. The van der Waals surface area contributed by atoms with E-state index in [2.05, 4.69) is 57.0 Å². The molecule has 5 rings (SSSR count). The molecule has 0 bridgehead atoms. The molecule has 0 aliphatic carbocycles. The van der Waals surface area contributed by atoms with Crippen molar-refractivity contribution in [2.75, 3.05) is 13.1 Å². The summed E-state index contributed by atoms with van der Waals surface area (Å²) in [5.41, 5.74) is 4.87. The fourth-order valence-corrected chi connectivity index (χ4v) is 4.58. The summed E-state index contributed by atoms with van der Waals surface area (Å²) in [6.45, 7) is 9.93. The van der Waals surface area contributed by atoms with Crippen molar-refractivity contribution in [3.05, 3.63) is 35.8 Å². The van der Waals surface area contributed by atoms with Gasteiger partial charge in [0.25, 0.3) is 0 Å². The topological polar surface area (TPSA) is 61.8 Å². The molecule has 4 heterocycles. The minimum Gasteiger partial charge on any atom is -0.326 e. The lowest BCUT2D eigenvalue weighted by Crippen LogP contribution is -2.39. The van der Waals surface area contributed by atoms with Crippen LogP contribution in [0.15, 0.2) is 24.4 Å². The standard InChI is InChI=1S/C21H28N6/c1-14(2)26-7-5-15(6-8-26)13-27-20-12-22-11-19(20)24-21(27)16-3-4-18-17(9-16)10-23-25-18/h3-4,9-10,14-15,22H,5-8,11-13H2,1-2H3,(H,23,25). The molecule has 2 aliphatic rings. The quantitative estimate of drug-likeness (QED) is 0.747. The van der Waals surface area contributed by atoms with E-state index >= 15 is 0 Å². The minimum atomic E-state index is 0.657. The Morgan fingerprint density at radius 1 is 1.19 bits per heavy atom. The molecule has 0 radical (unpaired) electrons. The Kier molecular flexibility index (Phi) is 4.25. The number of imidazole rings is 1. The Balaban J connectivity index is 1.45. The van der Waals surface area contributed by atoms with Gasteiger partial charge in [0.05, 0.1) is 23.1 Å². The van der Waals surface area contributed by atoms with E-state index in [1.807, 2.05) is 6.20 Å². The van der Waals surface area contributed by atoms with Gasteiger partial charge in [0.2, 0.25) is 0 Å². The molecule has 1 aromatic carbocycles. The summed E-state index contributed by atoms with van der Waals surface area (Å²) in [6.07, 6.45) is 4.44. The Morgan fingerprint density at radius 3 is 2.85 bits per heavy atom. The highest BCUT2D eigenvalue weighted by atomic mass is 15.2. The number of fused-ring (bicyclic) bond motifs is 2. The molecule has 0 spiro atoms. The van der Waals surface area contributed by atoms with Crippen LogP contribution in [0, 0.1) is 5.92 Å². The molecule has 1 fully saturated rings. The van der Waals surface area contributed by atoms with Crippen molar-refractivity contribution >= 4 is 10.9 Å². The molecule has 3 aromatic rings. The second-order valence-corrected chi connectivity index (χ2v) is 8.29. The number of aromatic amines is 1. The van der Waals surface area contributed by atoms with Crippen LogP contribution in [0.1, 0.15) is 38.1 Å². The van der Waals surface area contributed by atoms with E-state index in [1.165, 1.54) is 42.9 Å². The van der Waals surface area contributed by atoms with E-state index in [1.54, 1.807) is 0 Å². The number of hydrogen-bond acceptors (Lipinski definition) is 4. The Morgan fingerprint density at radius 2 is 2.04 bits per heavy atom. The third-order valence-corrected chi connectivity index (χ3v) is 6.26. The van der Waals surface area contributed by atoms with Crippen molar-refractivity contribution in [3.63, 3.8) is 0 Å². The molecule has 0 unspecified atom stereocenters. The van der Waals surface area contributed by atoms with Gasteiger partial charge in [-0.2, -0.15) is 5.10 Å². The van der Waals surface area contributed by atoms with Crippen molar-refractivity contribution in [1.29, 1.82) is 0 Å². The van der Waals surface area contributed by atoms with Gasteiger partial charge in [-0.05, 0) is 63.9 Å². The van der Waals surface area contributed by atoms with Gasteiger partial charge in [0.15, 0.2) is 0 Å². The number of hydrogen-bond donors (Lipinski definition) is 2. The Labute approximate surface area is 160 Å². The minimum absolute atomic E-state index is 0.657. The maximum absolute atomic E-state index is 5.02. The summed E-state index contributed by atoms with van der Waals surface area (Å²) in [7, 11) is 0. The second kappa shape index (κ2) is 6.77. The maximum Gasteiger partial charge on any atom is 0.140 e. The fraction of sp³-hybridized carbons (Fsp3) is 0.524. The number of nitrogens with zero attached hydrogens (tertiary/aromatic N) is 4. The normalized spacial score (nSPS) is 18.6. The fourth-order valence-electron chi connectivity index (χ4n) is 4.58. The zero-order chi connectivity index (χ0) is 18.4. The van der Waals surface area contributed by atoms with Crippen LogP contribution in [0.2, 0.25) is 0 Å². The molecule has 6 heteroatoms. The van der Waals surface area contributed by atoms with Crippen LogP contribution in [0.5, 0.6) is 0 Å². The van der Waals surface area contributed by atoms with E-state index in [0.29, 0.717) is 6.04 Å². The third kappa shape index (κ3) is 3.07. The van der Waals surface area contributed by atoms with Gasteiger partial charge in [-0.1, -0.05) is 0 Å². The van der Waals surface area contributed by atoms with Crippen molar-refractivity contribution in [3.8, 4) is 11.4 Å². The van der Waals surface area contributed by atoms with Gasteiger partial charge in [-0.3, -0.25) is 5.10 Å². The molecule has 142 valence electrons. The lowest BCUT2D eigenvalue weighted by atomic mass is 9.95. The lowest BCUT2D eigenvalue weighted by molar-refractivity contribution is 0.141. The first-order valence-corrected chi connectivity index (χ1v) is 10.2. The predicted molar refractivity (Wildman–Crippen MR) is 107 cm³/mol. The summed E-state index contributed by atoms with van der Waals surface area (Å²) in [5, 5.41) is 11.8. The van der Waals surface area contributed by atoms with Crippen molar-refractivity contribution in [2.24, 2.45) is 5.92 Å². The highest BCUT2D eigenvalue weighted by Crippen LogP contribution is 2.30. The number of H-pyrrole nitrogens is 1. The average molecular weight is 364 g/mol. The summed E-state index contributed by atoms with van der Waals surface area (Å²) in [4.78, 5) is 7.62. The van der Waals surface area contributed by atoms with Gasteiger partial charge in [0.1, 0.15) is 5.82 Å². The summed E-state index contributed by atoms with van der Waals surface area (Å²) in [6, 6.07) is 7.15. The number of benzene rings is 1.